The quantitative estimate of drug-likeness (QED) is 0.615. The van der Waals surface area contributed by atoms with Gasteiger partial charge >= 0.3 is 6.18 Å². The van der Waals surface area contributed by atoms with Gasteiger partial charge in [-0.2, -0.15) is 13.2 Å². The molecule has 0 aliphatic carbocycles. The number of nitro groups is 1. The second-order valence-corrected chi connectivity index (χ2v) is 4.11. The van der Waals surface area contributed by atoms with Crippen molar-refractivity contribution in [1.82, 2.24) is 0 Å². The van der Waals surface area contributed by atoms with E-state index in [1.165, 1.54) is 0 Å². The van der Waals surface area contributed by atoms with Gasteiger partial charge in [0.25, 0.3) is 5.69 Å². The molecule has 0 atom stereocenters. The highest BCUT2D eigenvalue weighted by Gasteiger charge is 2.38. The highest BCUT2D eigenvalue weighted by molar-refractivity contribution is 5.96. The normalized spacial score (nSPS) is 15.9. The molecule has 1 amide bonds. The fourth-order valence-corrected chi connectivity index (χ4v) is 2.00. The summed E-state index contributed by atoms with van der Waals surface area (Å²) in [6, 6.07) is 2.40. The van der Waals surface area contributed by atoms with E-state index in [2.05, 4.69) is 0 Å². The maximum absolute atomic E-state index is 12.9. The summed E-state index contributed by atoms with van der Waals surface area (Å²) in [5.74, 6) is -0.403. The number of carbonyl (C=O) groups is 1. The molecule has 1 fully saturated rings. The van der Waals surface area contributed by atoms with E-state index in [0.717, 1.165) is 17.0 Å². The van der Waals surface area contributed by atoms with Gasteiger partial charge in [-0.1, -0.05) is 0 Å². The van der Waals surface area contributed by atoms with Gasteiger partial charge in [0.2, 0.25) is 5.91 Å². The Balaban J connectivity index is 2.54. The number of non-ortho nitro benzene ring substituents is 1. The summed E-state index contributed by atoms with van der Waals surface area (Å²) in [4.78, 5) is 22.2. The molecule has 2 rings (SSSR count). The number of anilines is 1. The molecule has 0 bridgehead atoms. The van der Waals surface area contributed by atoms with Crippen molar-refractivity contribution in [3.05, 3.63) is 33.9 Å². The lowest BCUT2D eigenvalue weighted by Gasteiger charge is -2.20. The Kier molecular flexibility index (Phi) is 3.17. The number of hydrogen-bond acceptors (Lipinski definition) is 3. The van der Waals surface area contributed by atoms with Gasteiger partial charge in [0.05, 0.1) is 16.2 Å². The molecule has 0 aromatic heterocycles. The molecule has 1 aliphatic rings. The fraction of sp³-hybridized carbons (Fsp3) is 0.364. The smallest absolute Gasteiger partial charge is 0.312 e. The second-order valence-electron chi connectivity index (χ2n) is 4.11. The minimum absolute atomic E-state index is 0.189. The fourth-order valence-electron chi connectivity index (χ4n) is 2.00. The SMILES string of the molecule is O=C1CCCN1c1ccc([N+](=O)[O-])cc1C(F)(F)F. The van der Waals surface area contributed by atoms with Crippen LogP contribution < -0.4 is 4.90 Å². The van der Waals surface area contributed by atoms with Crippen molar-refractivity contribution in [2.24, 2.45) is 0 Å². The first-order chi connectivity index (χ1) is 8.80. The predicted molar refractivity (Wildman–Crippen MR) is 59.7 cm³/mol. The third-order valence-electron chi connectivity index (χ3n) is 2.86. The number of nitrogens with zero attached hydrogens (tertiary/aromatic N) is 2. The third kappa shape index (κ3) is 2.51. The lowest BCUT2D eigenvalue weighted by Crippen LogP contribution is -2.26. The van der Waals surface area contributed by atoms with Crippen molar-refractivity contribution >= 4 is 17.3 Å². The Morgan fingerprint density at radius 3 is 2.47 bits per heavy atom. The molecule has 0 radical (unpaired) electrons. The largest absolute Gasteiger partial charge is 0.418 e. The van der Waals surface area contributed by atoms with Gasteiger partial charge in [0.1, 0.15) is 0 Å². The first kappa shape index (κ1) is 13.3. The Labute approximate surface area is 105 Å². The number of carbonyl (C=O) groups excluding carboxylic acids is 1. The van der Waals surface area contributed by atoms with E-state index in [0.29, 0.717) is 12.5 Å². The van der Waals surface area contributed by atoms with Crippen LogP contribution in [-0.4, -0.2) is 17.4 Å². The monoisotopic (exact) mass is 274 g/mol. The van der Waals surface area contributed by atoms with Crippen molar-refractivity contribution in [2.75, 3.05) is 11.4 Å². The Morgan fingerprint density at radius 1 is 1.32 bits per heavy atom. The van der Waals surface area contributed by atoms with Gasteiger partial charge in [-0.15, -0.1) is 0 Å². The summed E-state index contributed by atoms with van der Waals surface area (Å²) >= 11 is 0. The molecular weight excluding hydrogens is 265 g/mol. The number of halogens is 3. The van der Waals surface area contributed by atoms with Gasteiger partial charge in [0.15, 0.2) is 0 Å². The summed E-state index contributed by atoms with van der Waals surface area (Å²) in [6.07, 6.45) is -4.08. The van der Waals surface area contributed by atoms with Crippen LogP contribution in [0.3, 0.4) is 0 Å². The van der Waals surface area contributed by atoms with E-state index in [1.807, 2.05) is 0 Å². The standard InChI is InChI=1S/C11H9F3N2O3/c12-11(13,14)8-6-7(16(18)19)3-4-9(8)15-5-1-2-10(15)17/h3-4,6H,1-2,5H2. The van der Waals surface area contributed by atoms with Crippen LogP contribution in [-0.2, 0) is 11.0 Å². The van der Waals surface area contributed by atoms with Crippen LogP contribution in [0.15, 0.2) is 18.2 Å². The molecule has 0 N–H and O–H groups in total. The third-order valence-corrected chi connectivity index (χ3v) is 2.86. The zero-order valence-electron chi connectivity index (χ0n) is 9.61. The maximum Gasteiger partial charge on any atom is 0.418 e. The lowest BCUT2D eigenvalue weighted by atomic mass is 10.1. The molecule has 0 saturated carbocycles. The van der Waals surface area contributed by atoms with E-state index in [4.69, 9.17) is 0 Å². The van der Waals surface area contributed by atoms with Crippen LogP contribution in [0.4, 0.5) is 24.5 Å². The number of benzene rings is 1. The average Bonchev–Trinajstić information content (AvgIpc) is 2.73. The summed E-state index contributed by atoms with van der Waals surface area (Å²) in [5, 5.41) is 10.5. The highest BCUT2D eigenvalue weighted by atomic mass is 19.4. The van der Waals surface area contributed by atoms with E-state index < -0.39 is 28.3 Å². The number of nitro benzene ring substituents is 1. The van der Waals surface area contributed by atoms with Crippen molar-refractivity contribution in [1.29, 1.82) is 0 Å². The zero-order valence-corrected chi connectivity index (χ0v) is 9.61. The second kappa shape index (κ2) is 4.52. The minimum Gasteiger partial charge on any atom is -0.312 e. The number of rotatable bonds is 2. The summed E-state index contributed by atoms with van der Waals surface area (Å²) in [5.41, 5.74) is -2.12. The van der Waals surface area contributed by atoms with Crippen molar-refractivity contribution in [3.63, 3.8) is 0 Å². The first-order valence-corrected chi connectivity index (χ1v) is 5.46. The molecule has 1 aromatic rings. The molecule has 8 heteroatoms. The molecule has 19 heavy (non-hydrogen) atoms. The highest BCUT2D eigenvalue weighted by Crippen LogP contribution is 2.39. The molecular formula is C11H9F3N2O3. The minimum atomic E-state index is -4.75. The molecule has 1 aliphatic heterocycles. The van der Waals surface area contributed by atoms with E-state index in [9.17, 15) is 28.1 Å². The van der Waals surface area contributed by atoms with E-state index in [1.54, 1.807) is 0 Å². The molecule has 1 aromatic carbocycles. The Bertz CT molecular complexity index is 542. The molecule has 0 spiro atoms. The van der Waals surface area contributed by atoms with Gasteiger partial charge in [-0.05, 0) is 12.5 Å². The molecule has 0 unspecified atom stereocenters. The number of hydrogen-bond donors (Lipinski definition) is 0. The summed E-state index contributed by atoms with van der Waals surface area (Å²) < 4.78 is 38.7. The van der Waals surface area contributed by atoms with Crippen LogP contribution in [0.25, 0.3) is 0 Å². The van der Waals surface area contributed by atoms with Crippen LogP contribution in [0.2, 0.25) is 0 Å². The maximum atomic E-state index is 12.9. The molecule has 1 heterocycles. The predicted octanol–water partition coefficient (Wildman–Crippen LogP) is 2.74. The van der Waals surface area contributed by atoms with Crippen molar-refractivity contribution in [2.45, 2.75) is 19.0 Å². The topological polar surface area (TPSA) is 63.5 Å². The van der Waals surface area contributed by atoms with Gasteiger partial charge in [-0.25, -0.2) is 0 Å². The lowest BCUT2D eigenvalue weighted by molar-refractivity contribution is -0.385. The van der Waals surface area contributed by atoms with Gasteiger partial charge in [0, 0.05) is 25.1 Å². The van der Waals surface area contributed by atoms with Crippen molar-refractivity contribution < 1.29 is 22.9 Å². The van der Waals surface area contributed by atoms with Crippen LogP contribution in [0, 0.1) is 10.1 Å². The first-order valence-electron chi connectivity index (χ1n) is 5.46. The Hall–Kier alpha value is -2.12. The molecule has 102 valence electrons. The van der Waals surface area contributed by atoms with Crippen LogP contribution in [0.5, 0.6) is 0 Å². The zero-order chi connectivity index (χ0) is 14.2. The Morgan fingerprint density at radius 2 is 2.00 bits per heavy atom. The van der Waals surface area contributed by atoms with Gasteiger partial charge < -0.3 is 4.90 Å². The molecule has 5 nitrogen and oxygen atoms in total. The van der Waals surface area contributed by atoms with Crippen LogP contribution in [0.1, 0.15) is 18.4 Å². The molecule has 1 saturated heterocycles. The van der Waals surface area contributed by atoms with Crippen molar-refractivity contribution in [3.8, 4) is 0 Å². The van der Waals surface area contributed by atoms with Crippen LogP contribution >= 0.6 is 0 Å². The van der Waals surface area contributed by atoms with E-state index in [-0.39, 0.29) is 18.7 Å². The van der Waals surface area contributed by atoms with Gasteiger partial charge in [-0.3, -0.25) is 14.9 Å². The average molecular weight is 274 g/mol. The summed E-state index contributed by atoms with van der Waals surface area (Å²) in [6.45, 7) is 0.194. The number of alkyl halides is 3. The van der Waals surface area contributed by atoms with E-state index >= 15 is 0 Å². The number of amides is 1. The summed E-state index contributed by atoms with van der Waals surface area (Å²) in [7, 11) is 0.